The van der Waals surface area contributed by atoms with Gasteiger partial charge in [-0.25, -0.2) is 0 Å². The van der Waals surface area contributed by atoms with Crippen LogP contribution < -0.4 is 5.32 Å². The highest BCUT2D eigenvalue weighted by Gasteiger charge is 2.14. The minimum absolute atomic E-state index is 0.282. The summed E-state index contributed by atoms with van der Waals surface area (Å²) in [5.74, 6) is 0. The molecule has 0 radical (unpaired) electrons. The number of hydrogen-bond donors (Lipinski definition) is 1. The first-order valence-electron chi connectivity index (χ1n) is 6.50. The molecular weight excluding hydrogens is 210 g/mol. The highest BCUT2D eigenvalue weighted by molar-refractivity contribution is 5.25. The molecule has 1 aromatic rings. The van der Waals surface area contributed by atoms with Crippen molar-refractivity contribution >= 4 is 0 Å². The van der Waals surface area contributed by atoms with Crippen molar-refractivity contribution in [2.45, 2.75) is 45.8 Å². The molecule has 2 unspecified atom stereocenters. The summed E-state index contributed by atoms with van der Waals surface area (Å²) in [6.07, 6.45) is 2.45. The summed E-state index contributed by atoms with van der Waals surface area (Å²) >= 11 is 0. The lowest BCUT2D eigenvalue weighted by molar-refractivity contribution is 0.100. The van der Waals surface area contributed by atoms with Crippen LogP contribution in [0.4, 0.5) is 0 Å². The van der Waals surface area contributed by atoms with Crippen LogP contribution >= 0.6 is 0 Å². The molecule has 17 heavy (non-hydrogen) atoms. The van der Waals surface area contributed by atoms with Gasteiger partial charge in [0.2, 0.25) is 0 Å². The fraction of sp³-hybridized carbons (Fsp3) is 0.600. The largest absolute Gasteiger partial charge is 0.382 e. The predicted octanol–water partition coefficient (Wildman–Crippen LogP) is 3.46. The summed E-state index contributed by atoms with van der Waals surface area (Å²) in [5.41, 5.74) is 2.68. The quantitative estimate of drug-likeness (QED) is 0.781. The Labute approximate surface area is 105 Å². The van der Waals surface area contributed by atoms with Gasteiger partial charge < -0.3 is 10.1 Å². The summed E-state index contributed by atoms with van der Waals surface area (Å²) in [4.78, 5) is 0. The van der Waals surface area contributed by atoms with E-state index in [0.29, 0.717) is 6.04 Å². The fourth-order valence-electron chi connectivity index (χ4n) is 1.97. The lowest BCUT2D eigenvalue weighted by atomic mass is 9.99. The fourth-order valence-corrected chi connectivity index (χ4v) is 1.97. The number of ether oxygens (including phenoxy) is 1. The van der Waals surface area contributed by atoms with Crippen LogP contribution in [0.25, 0.3) is 0 Å². The van der Waals surface area contributed by atoms with Crippen LogP contribution in [0.15, 0.2) is 24.3 Å². The van der Waals surface area contributed by atoms with Crippen LogP contribution in [0, 0.1) is 6.92 Å². The maximum Gasteiger partial charge on any atom is 0.0561 e. The first kappa shape index (κ1) is 14.2. The van der Waals surface area contributed by atoms with E-state index in [1.807, 2.05) is 0 Å². The third-order valence-corrected chi connectivity index (χ3v) is 3.06. The second-order valence-corrected chi connectivity index (χ2v) is 4.70. The van der Waals surface area contributed by atoms with Crippen molar-refractivity contribution in [3.8, 4) is 0 Å². The molecule has 2 nitrogen and oxygen atoms in total. The van der Waals surface area contributed by atoms with Gasteiger partial charge in [-0.3, -0.25) is 0 Å². The van der Waals surface area contributed by atoms with E-state index in [9.17, 15) is 0 Å². The van der Waals surface area contributed by atoms with E-state index < -0.39 is 0 Å². The zero-order chi connectivity index (χ0) is 12.7. The summed E-state index contributed by atoms with van der Waals surface area (Å²) < 4.78 is 5.37. The molecule has 1 N–H and O–H groups in total. The molecule has 0 bridgehead atoms. The topological polar surface area (TPSA) is 21.3 Å². The number of aryl methyl sites for hydroxylation is 1. The highest BCUT2D eigenvalue weighted by Crippen LogP contribution is 2.20. The van der Waals surface area contributed by atoms with E-state index in [-0.39, 0.29) is 6.10 Å². The Morgan fingerprint density at radius 3 is 2.71 bits per heavy atom. The molecule has 96 valence electrons. The molecule has 0 fully saturated rings. The first-order chi connectivity index (χ1) is 8.17. The average molecular weight is 235 g/mol. The number of nitrogens with one attached hydrogen (secondary N) is 1. The van der Waals surface area contributed by atoms with Gasteiger partial charge in [-0.05, 0) is 38.8 Å². The SMILES string of the molecule is CCCNC(CC(C)OC)c1cccc(C)c1. The standard InChI is InChI=1S/C15H25NO/c1-5-9-16-15(11-13(3)17-4)14-8-6-7-12(2)10-14/h6-8,10,13,15-16H,5,9,11H2,1-4H3. The van der Waals surface area contributed by atoms with Gasteiger partial charge in [0.1, 0.15) is 0 Å². The average Bonchev–Trinajstić information content (AvgIpc) is 2.34. The number of rotatable bonds is 7. The van der Waals surface area contributed by atoms with Gasteiger partial charge >= 0.3 is 0 Å². The van der Waals surface area contributed by atoms with Crippen molar-refractivity contribution in [1.29, 1.82) is 0 Å². The van der Waals surface area contributed by atoms with Crippen LogP contribution in [-0.2, 0) is 4.74 Å². The molecule has 2 heteroatoms. The Bertz CT molecular complexity index is 324. The van der Waals surface area contributed by atoms with Crippen LogP contribution in [-0.4, -0.2) is 19.8 Å². The lowest BCUT2D eigenvalue weighted by Crippen LogP contribution is -2.26. The third-order valence-electron chi connectivity index (χ3n) is 3.06. The second kappa shape index (κ2) is 7.46. The maximum atomic E-state index is 5.37. The van der Waals surface area contributed by atoms with E-state index >= 15 is 0 Å². The molecule has 0 heterocycles. The maximum absolute atomic E-state index is 5.37. The van der Waals surface area contributed by atoms with Crippen molar-refractivity contribution < 1.29 is 4.74 Å². The van der Waals surface area contributed by atoms with Gasteiger partial charge in [0.25, 0.3) is 0 Å². The van der Waals surface area contributed by atoms with Crippen molar-refractivity contribution in [2.24, 2.45) is 0 Å². The molecule has 0 aromatic heterocycles. The summed E-state index contributed by atoms with van der Waals surface area (Å²) in [6, 6.07) is 9.12. The lowest BCUT2D eigenvalue weighted by Gasteiger charge is -2.22. The molecule has 1 aromatic carbocycles. The van der Waals surface area contributed by atoms with Crippen LogP contribution in [0.3, 0.4) is 0 Å². The molecule has 0 aliphatic carbocycles. The van der Waals surface area contributed by atoms with Crippen molar-refractivity contribution in [2.75, 3.05) is 13.7 Å². The highest BCUT2D eigenvalue weighted by atomic mass is 16.5. The van der Waals surface area contributed by atoms with Gasteiger partial charge in [0.05, 0.1) is 6.10 Å². The first-order valence-corrected chi connectivity index (χ1v) is 6.50. The van der Waals surface area contributed by atoms with Crippen LogP contribution in [0.1, 0.15) is 43.9 Å². The van der Waals surface area contributed by atoms with E-state index in [1.165, 1.54) is 11.1 Å². The number of benzene rings is 1. The number of methoxy groups -OCH3 is 1. The summed E-state index contributed by atoms with van der Waals surface area (Å²) in [6.45, 7) is 7.51. The minimum atomic E-state index is 0.282. The van der Waals surface area contributed by atoms with Gasteiger partial charge in [0, 0.05) is 13.2 Å². The predicted molar refractivity (Wildman–Crippen MR) is 73.3 cm³/mol. The number of hydrogen-bond acceptors (Lipinski definition) is 2. The normalized spacial score (nSPS) is 14.6. The zero-order valence-corrected chi connectivity index (χ0v) is 11.5. The van der Waals surface area contributed by atoms with Gasteiger partial charge in [0.15, 0.2) is 0 Å². The second-order valence-electron chi connectivity index (χ2n) is 4.70. The monoisotopic (exact) mass is 235 g/mol. The van der Waals surface area contributed by atoms with Gasteiger partial charge in [-0.2, -0.15) is 0 Å². The molecule has 0 amide bonds. The Morgan fingerprint density at radius 1 is 1.35 bits per heavy atom. The van der Waals surface area contributed by atoms with Gasteiger partial charge in [-0.1, -0.05) is 36.8 Å². The van der Waals surface area contributed by atoms with Crippen LogP contribution in [0.5, 0.6) is 0 Å². The van der Waals surface area contributed by atoms with Crippen molar-refractivity contribution in [3.63, 3.8) is 0 Å². The van der Waals surface area contributed by atoms with Crippen molar-refractivity contribution in [3.05, 3.63) is 35.4 Å². The summed E-state index contributed by atoms with van der Waals surface area (Å²) in [5, 5.41) is 3.60. The molecule has 0 saturated carbocycles. The Hall–Kier alpha value is -0.860. The van der Waals surface area contributed by atoms with E-state index in [4.69, 9.17) is 4.74 Å². The Morgan fingerprint density at radius 2 is 2.12 bits per heavy atom. The molecule has 0 aliphatic heterocycles. The minimum Gasteiger partial charge on any atom is -0.382 e. The molecule has 2 atom stereocenters. The van der Waals surface area contributed by atoms with E-state index in [1.54, 1.807) is 7.11 Å². The molecule has 0 aliphatic rings. The Kier molecular flexibility index (Phi) is 6.23. The van der Waals surface area contributed by atoms with Gasteiger partial charge in [-0.15, -0.1) is 0 Å². The molecule has 1 rings (SSSR count). The zero-order valence-electron chi connectivity index (χ0n) is 11.5. The Balaban J connectivity index is 2.74. The molecular formula is C15H25NO. The molecule has 0 spiro atoms. The smallest absolute Gasteiger partial charge is 0.0561 e. The van der Waals surface area contributed by atoms with Crippen molar-refractivity contribution in [1.82, 2.24) is 5.32 Å². The van der Waals surface area contributed by atoms with Crippen LogP contribution in [0.2, 0.25) is 0 Å². The molecule has 0 saturated heterocycles. The summed E-state index contributed by atoms with van der Waals surface area (Å²) in [7, 11) is 1.78. The third kappa shape index (κ3) is 4.88. The van der Waals surface area contributed by atoms with E-state index in [0.717, 1.165) is 19.4 Å². The van der Waals surface area contributed by atoms with E-state index in [2.05, 4.69) is 50.4 Å².